The molecule has 0 saturated heterocycles. The van der Waals surface area contributed by atoms with Gasteiger partial charge in [-0.05, 0) is 49.4 Å². The van der Waals surface area contributed by atoms with Gasteiger partial charge in [0.05, 0.1) is 16.4 Å². The molecule has 0 aliphatic carbocycles. The van der Waals surface area contributed by atoms with E-state index in [4.69, 9.17) is 11.6 Å². The first-order valence-corrected chi connectivity index (χ1v) is 7.20. The largest absolute Gasteiger partial charge is 0.321 e. The molecule has 0 aliphatic heterocycles. The van der Waals surface area contributed by atoms with Gasteiger partial charge in [-0.1, -0.05) is 23.7 Å². The number of nitrogens with zero attached hydrogens (tertiary/aromatic N) is 2. The molecule has 0 fully saturated rings. The number of aromatic nitrogens is 2. The summed E-state index contributed by atoms with van der Waals surface area (Å²) < 4.78 is 1.82. The fourth-order valence-electron chi connectivity index (χ4n) is 2.15. The van der Waals surface area contributed by atoms with E-state index in [1.165, 1.54) is 0 Å². The molecule has 0 atom stereocenters. The fourth-order valence-corrected chi connectivity index (χ4v) is 2.33. The standard InChI is InChI=1S/C17H14ClN3O/c1-12-10-11-19-21(12)14-8-6-13(7-9-14)17(22)20-16-5-3-2-4-15(16)18/h2-11H,1H3,(H,20,22). The van der Waals surface area contributed by atoms with Crippen molar-refractivity contribution in [2.24, 2.45) is 0 Å². The first-order chi connectivity index (χ1) is 10.6. The highest BCUT2D eigenvalue weighted by atomic mass is 35.5. The molecule has 3 rings (SSSR count). The van der Waals surface area contributed by atoms with Crippen molar-refractivity contribution < 1.29 is 4.79 Å². The predicted octanol–water partition coefficient (Wildman–Crippen LogP) is 4.09. The smallest absolute Gasteiger partial charge is 0.255 e. The highest BCUT2D eigenvalue weighted by molar-refractivity contribution is 6.33. The molecule has 1 heterocycles. The van der Waals surface area contributed by atoms with Gasteiger partial charge in [-0.25, -0.2) is 4.68 Å². The van der Waals surface area contributed by atoms with E-state index >= 15 is 0 Å². The Bertz CT molecular complexity index is 809. The Balaban J connectivity index is 1.80. The van der Waals surface area contributed by atoms with E-state index in [0.717, 1.165) is 11.4 Å². The van der Waals surface area contributed by atoms with Crippen molar-refractivity contribution >= 4 is 23.2 Å². The number of halogens is 1. The van der Waals surface area contributed by atoms with Gasteiger partial charge < -0.3 is 5.32 Å². The van der Waals surface area contributed by atoms with E-state index in [1.807, 2.05) is 41.9 Å². The minimum Gasteiger partial charge on any atom is -0.321 e. The number of benzene rings is 2. The first-order valence-electron chi connectivity index (χ1n) is 6.82. The Labute approximate surface area is 133 Å². The van der Waals surface area contributed by atoms with Crippen molar-refractivity contribution in [3.8, 4) is 5.69 Å². The second-order valence-electron chi connectivity index (χ2n) is 4.87. The van der Waals surface area contributed by atoms with Crippen LogP contribution in [0.15, 0.2) is 60.8 Å². The molecule has 3 aromatic rings. The topological polar surface area (TPSA) is 46.9 Å². The highest BCUT2D eigenvalue weighted by Crippen LogP contribution is 2.21. The monoisotopic (exact) mass is 311 g/mol. The summed E-state index contributed by atoms with van der Waals surface area (Å²) in [5.41, 5.74) is 3.11. The van der Waals surface area contributed by atoms with Gasteiger partial charge >= 0.3 is 0 Å². The quantitative estimate of drug-likeness (QED) is 0.792. The van der Waals surface area contributed by atoms with E-state index in [0.29, 0.717) is 16.3 Å². The number of para-hydroxylation sites is 1. The maximum absolute atomic E-state index is 12.2. The lowest BCUT2D eigenvalue weighted by Crippen LogP contribution is -2.12. The van der Waals surface area contributed by atoms with Crippen LogP contribution in [0.5, 0.6) is 0 Å². The van der Waals surface area contributed by atoms with E-state index in [2.05, 4.69) is 10.4 Å². The Morgan fingerprint density at radius 3 is 2.45 bits per heavy atom. The van der Waals surface area contributed by atoms with Crippen LogP contribution < -0.4 is 5.32 Å². The molecule has 110 valence electrons. The minimum atomic E-state index is -0.197. The van der Waals surface area contributed by atoms with Gasteiger partial charge in [-0.3, -0.25) is 4.79 Å². The Morgan fingerprint density at radius 2 is 1.82 bits per heavy atom. The lowest BCUT2D eigenvalue weighted by Gasteiger charge is -2.08. The lowest BCUT2D eigenvalue weighted by atomic mass is 10.2. The molecule has 0 aliphatic rings. The van der Waals surface area contributed by atoms with Gasteiger partial charge in [-0.15, -0.1) is 0 Å². The number of aryl methyl sites for hydroxylation is 1. The third-order valence-electron chi connectivity index (χ3n) is 3.33. The van der Waals surface area contributed by atoms with Gasteiger partial charge in [0, 0.05) is 17.5 Å². The maximum Gasteiger partial charge on any atom is 0.255 e. The molecule has 5 heteroatoms. The van der Waals surface area contributed by atoms with Gasteiger partial charge in [-0.2, -0.15) is 5.10 Å². The Kier molecular flexibility index (Phi) is 3.94. The zero-order chi connectivity index (χ0) is 15.5. The van der Waals surface area contributed by atoms with Crippen molar-refractivity contribution in [1.29, 1.82) is 0 Å². The number of rotatable bonds is 3. The molecular weight excluding hydrogens is 298 g/mol. The SMILES string of the molecule is Cc1ccnn1-c1ccc(C(=O)Nc2ccccc2Cl)cc1. The van der Waals surface area contributed by atoms with Crippen molar-refractivity contribution in [2.45, 2.75) is 6.92 Å². The maximum atomic E-state index is 12.2. The third-order valence-corrected chi connectivity index (χ3v) is 3.66. The highest BCUT2D eigenvalue weighted by Gasteiger charge is 2.09. The number of nitrogens with one attached hydrogen (secondary N) is 1. The molecule has 4 nitrogen and oxygen atoms in total. The van der Waals surface area contributed by atoms with Crippen molar-refractivity contribution in [2.75, 3.05) is 5.32 Å². The van der Waals surface area contributed by atoms with Crippen LogP contribution in [0.25, 0.3) is 5.69 Å². The van der Waals surface area contributed by atoms with Crippen LogP contribution in [0.2, 0.25) is 5.02 Å². The van der Waals surface area contributed by atoms with E-state index < -0.39 is 0 Å². The van der Waals surface area contributed by atoms with Crippen LogP contribution >= 0.6 is 11.6 Å². The summed E-state index contributed by atoms with van der Waals surface area (Å²) in [6.45, 7) is 1.98. The number of amides is 1. The van der Waals surface area contributed by atoms with Crippen molar-refractivity contribution in [3.05, 3.63) is 77.1 Å². The third kappa shape index (κ3) is 2.87. The number of carbonyl (C=O) groups excluding carboxylic acids is 1. The molecule has 1 aromatic heterocycles. The van der Waals surface area contributed by atoms with Crippen LogP contribution in [-0.2, 0) is 0 Å². The van der Waals surface area contributed by atoms with Crippen LogP contribution in [0.3, 0.4) is 0 Å². The van der Waals surface area contributed by atoms with Crippen LogP contribution in [0.4, 0.5) is 5.69 Å². The Morgan fingerprint density at radius 1 is 1.09 bits per heavy atom. The number of hydrogen-bond acceptors (Lipinski definition) is 2. The molecule has 0 saturated carbocycles. The van der Waals surface area contributed by atoms with E-state index in [-0.39, 0.29) is 5.91 Å². The molecule has 0 radical (unpaired) electrons. The molecule has 22 heavy (non-hydrogen) atoms. The number of anilines is 1. The van der Waals surface area contributed by atoms with Gasteiger partial charge in [0.1, 0.15) is 0 Å². The van der Waals surface area contributed by atoms with Crippen LogP contribution in [0, 0.1) is 6.92 Å². The number of carbonyl (C=O) groups is 1. The summed E-state index contributed by atoms with van der Waals surface area (Å²) in [6, 6.07) is 16.3. The summed E-state index contributed by atoms with van der Waals surface area (Å²) in [5, 5.41) is 7.55. The average molecular weight is 312 g/mol. The van der Waals surface area contributed by atoms with Gasteiger partial charge in [0.2, 0.25) is 0 Å². The molecule has 1 amide bonds. The molecule has 1 N–H and O–H groups in total. The zero-order valence-electron chi connectivity index (χ0n) is 12.0. The first kappa shape index (κ1) is 14.4. The van der Waals surface area contributed by atoms with Gasteiger partial charge in [0.15, 0.2) is 0 Å². The lowest BCUT2D eigenvalue weighted by molar-refractivity contribution is 0.102. The zero-order valence-corrected chi connectivity index (χ0v) is 12.7. The second kappa shape index (κ2) is 6.03. The average Bonchev–Trinajstić information content (AvgIpc) is 2.96. The number of hydrogen-bond donors (Lipinski definition) is 1. The molecular formula is C17H14ClN3O. The summed E-state index contributed by atoms with van der Waals surface area (Å²) in [4.78, 5) is 12.2. The molecule has 2 aromatic carbocycles. The molecule has 0 unspecified atom stereocenters. The summed E-state index contributed by atoms with van der Waals surface area (Å²) in [5.74, 6) is -0.197. The summed E-state index contributed by atoms with van der Waals surface area (Å²) >= 11 is 6.04. The normalized spacial score (nSPS) is 10.5. The van der Waals surface area contributed by atoms with E-state index in [9.17, 15) is 4.79 Å². The summed E-state index contributed by atoms with van der Waals surface area (Å²) in [7, 11) is 0. The van der Waals surface area contributed by atoms with Crippen LogP contribution in [-0.4, -0.2) is 15.7 Å². The second-order valence-corrected chi connectivity index (χ2v) is 5.27. The Hall–Kier alpha value is -2.59. The minimum absolute atomic E-state index is 0.197. The van der Waals surface area contributed by atoms with Crippen molar-refractivity contribution in [3.63, 3.8) is 0 Å². The molecule has 0 spiro atoms. The summed E-state index contributed by atoms with van der Waals surface area (Å²) in [6.07, 6.45) is 1.74. The van der Waals surface area contributed by atoms with Gasteiger partial charge in [0.25, 0.3) is 5.91 Å². The predicted molar refractivity (Wildman–Crippen MR) is 87.7 cm³/mol. The fraction of sp³-hybridized carbons (Fsp3) is 0.0588. The van der Waals surface area contributed by atoms with Crippen molar-refractivity contribution in [1.82, 2.24) is 9.78 Å². The molecule has 0 bridgehead atoms. The van der Waals surface area contributed by atoms with E-state index in [1.54, 1.807) is 30.5 Å². The van der Waals surface area contributed by atoms with Crippen LogP contribution in [0.1, 0.15) is 16.1 Å².